The van der Waals surface area contributed by atoms with Gasteiger partial charge in [-0.05, 0) is 104 Å². The number of fused-ring (bicyclic) bond motifs is 1. The molecule has 45 heavy (non-hydrogen) atoms. The Morgan fingerprint density at radius 2 is 1.49 bits per heavy atom. The number of amides is 1. The first kappa shape index (κ1) is 32.9. The van der Waals surface area contributed by atoms with E-state index >= 15 is 0 Å². The maximum absolute atomic E-state index is 14.2. The second-order valence-electron chi connectivity index (χ2n) is 13.7. The van der Waals surface area contributed by atoms with Crippen molar-refractivity contribution in [2.75, 3.05) is 40.3 Å². The zero-order chi connectivity index (χ0) is 32.4. The minimum atomic E-state index is -2.04. The number of carbonyl (C=O) groups is 2. The molecule has 1 aromatic heterocycles. The molecule has 0 saturated carbocycles. The number of likely N-dealkylation sites (tertiary alicyclic amines) is 1. The Balaban J connectivity index is 1.46. The number of ether oxygens (including phenoxy) is 1. The number of benzene rings is 3. The zero-order valence-electron chi connectivity index (χ0n) is 27.7. The molecule has 6 nitrogen and oxygen atoms in total. The van der Waals surface area contributed by atoms with E-state index in [1.807, 2.05) is 60.7 Å². The normalized spacial score (nSPS) is 14.4. The van der Waals surface area contributed by atoms with Gasteiger partial charge in [-0.15, -0.1) is 11.3 Å². The Labute approximate surface area is 273 Å². The van der Waals surface area contributed by atoms with E-state index in [0.717, 1.165) is 51.7 Å². The quantitative estimate of drug-likeness (QED) is 0.128. The van der Waals surface area contributed by atoms with Crippen molar-refractivity contribution in [2.45, 2.75) is 58.2 Å². The van der Waals surface area contributed by atoms with Crippen LogP contribution in [0.2, 0.25) is 18.1 Å². The Kier molecular flexibility index (Phi) is 9.87. The summed E-state index contributed by atoms with van der Waals surface area (Å²) in [5, 5.41) is 0.969. The highest BCUT2D eigenvalue weighted by Gasteiger charge is 2.39. The lowest BCUT2D eigenvalue weighted by molar-refractivity contribution is 0.0827. The van der Waals surface area contributed by atoms with E-state index in [1.54, 1.807) is 30.3 Å². The topological polar surface area (TPSA) is 59.1 Å². The fourth-order valence-corrected chi connectivity index (χ4v) is 7.62. The third-order valence-corrected chi connectivity index (χ3v) is 14.7. The largest absolute Gasteiger partial charge is 0.543 e. The van der Waals surface area contributed by atoms with Gasteiger partial charge in [-0.2, -0.15) is 0 Å². The van der Waals surface area contributed by atoms with Crippen LogP contribution in [0.3, 0.4) is 0 Å². The molecule has 1 aliphatic heterocycles. The van der Waals surface area contributed by atoms with Crippen molar-refractivity contribution in [2.24, 2.45) is 0 Å². The molecule has 0 radical (unpaired) electrons. The molecule has 3 aromatic carbocycles. The van der Waals surface area contributed by atoms with Gasteiger partial charge in [0.2, 0.25) is 8.32 Å². The first-order chi connectivity index (χ1) is 21.3. The van der Waals surface area contributed by atoms with Gasteiger partial charge in [-0.1, -0.05) is 39.3 Å². The van der Waals surface area contributed by atoms with Crippen molar-refractivity contribution in [3.63, 3.8) is 0 Å². The van der Waals surface area contributed by atoms with E-state index < -0.39 is 8.32 Å². The summed E-state index contributed by atoms with van der Waals surface area (Å²) < 4.78 is 13.6. The van der Waals surface area contributed by atoms with Crippen LogP contribution < -0.4 is 9.16 Å². The van der Waals surface area contributed by atoms with Crippen molar-refractivity contribution < 1.29 is 18.8 Å². The highest BCUT2D eigenvalue weighted by Crippen LogP contribution is 2.43. The second kappa shape index (κ2) is 13.5. The van der Waals surface area contributed by atoms with Gasteiger partial charge in [-0.3, -0.25) is 14.5 Å². The molecule has 4 aromatic rings. The summed E-state index contributed by atoms with van der Waals surface area (Å²) in [5.41, 5.74) is 2.79. The maximum atomic E-state index is 14.2. The van der Waals surface area contributed by atoms with Crippen molar-refractivity contribution in [1.29, 1.82) is 0 Å². The summed E-state index contributed by atoms with van der Waals surface area (Å²) in [6.07, 6.45) is 3.85. The van der Waals surface area contributed by atoms with Crippen molar-refractivity contribution in [3.05, 3.63) is 83.4 Å². The van der Waals surface area contributed by atoms with E-state index in [9.17, 15) is 9.59 Å². The molecule has 0 N–H and O–H groups in total. The molecule has 0 unspecified atom stereocenters. The van der Waals surface area contributed by atoms with Crippen LogP contribution >= 0.6 is 11.3 Å². The van der Waals surface area contributed by atoms with Crippen molar-refractivity contribution in [1.82, 2.24) is 9.80 Å². The van der Waals surface area contributed by atoms with Gasteiger partial charge in [0.05, 0.1) is 0 Å². The van der Waals surface area contributed by atoms with E-state index in [-0.39, 0.29) is 16.7 Å². The summed E-state index contributed by atoms with van der Waals surface area (Å²) in [6, 6.07) is 21.1. The highest BCUT2D eigenvalue weighted by atomic mass is 32.1. The second-order valence-corrected chi connectivity index (χ2v) is 19.5. The zero-order valence-corrected chi connectivity index (χ0v) is 29.6. The van der Waals surface area contributed by atoms with Crippen LogP contribution in [0.25, 0.3) is 20.5 Å². The summed E-state index contributed by atoms with van der Waals surface area (Å²) in [6.45, 7) is 15.0. The number of nitrogens with zero attached hydrogens (tertiary/aromatic N) is 2. The number of hydrogen-bond acceptors (Lipinski definition) is 6. The van der Waals surface area contributed by atoms with Gasteiger partial charge in [-0.25, -0.2) is 0 Å². The van der Waals surface area contributed by atoms with Gasteiger partial charge in [0.1, 0.15) is 18.1 Å². The number of rotatable bonds is 10. The van der Waals surface area contributed by atoms with E-state index in [2.05, 4.69) is 44.8 Å². The highest BCUT2D eigenvalue weighted by molar-refractivity contribution is 7.22. The first-order valence-electron chi connectivity index (χ1n) is 15.9. The smallest absolute Gasteiger partial charge is 0.253 e. The molecule has 1 saturated heterocycles. The maximum Gasteiger partial charge on any atom is 0.253 e. The number of thiophene rings is 1. The van der Waals surface area contributed by atoms with Crippen LogP contribution in [0, 0.1) is 0 Å². The van der Waals surface area contributed by atoms with Crippen LogP contribution in [0.4, 0.5) is 0 Å². The Morgan fingerprint density at radius 1 is 0.867 bits per heavy atom. The minimum absolute atomic E-state index is 0.0392. The van der Waals surface area contributed by atoms with Crippen LogP contribution in [0.5, 0.6) is 11.5 Å². The van der Waals surface area contributed by atoms with Crippen LogP contribution in [-0.2, 0) is 0 Å². The van der Waals surface area contributed by atoms with Crippen molar-refractivity contribution in [3.8, 4) is 21.9 Å². The molecule has 8 heteroatoms. The molecule has 0 aliphatic carbocycles. The molecule has 0 spiro atoms. The fourth-order valence-electron chi connectivity index (χ4n) is 5.36. The standard InChI is InChI=1S/C37H46N2O4SSi/c1-37(2,3)45(6,7)43-30-19-20-31-32(25-30)44-35(27-11-13-28(14-12-27)36(41)38(4)5)33(31)34(40)26-15-17-29(18-16-26)42-24-23-39-21-9-8-10-22-39/h11-20,25H,8-10,21-24H2,1-7H3. The third kappa shape index (κ3) is 7.51. The van der Waals surface area contributed by atoms with E-state index in [0.29, 0.717) is 23.3 Å². The molecule has 1 aliphatic rings. The van der Waals surface area contributed by atoms with Crippen LogP contribution in [-0.4, -0.2) is 70.1 Å². The van der Waals surface area contributed by atoms with Gasteiger partial charge in [0, 0.05) is 52.3 Å². The summed E-state index contributed by atoms with van der Waals surface area (Å²) >= 11 is 1.59. The lowest BCUT2D eigenvalue weighted by atomic mass is 9.97. The lowest BCUT2D eigenvalue weighted by Crippen LogP contribution is -2.43. The molecule has 1 amide bonds. The SMILES string of the molecule is CN(C)C(=O)c1ccc(-c2sc3cc(O[Si](C)(C)C(C)(C)C)ccc3c2C(=O)c2ccc(OCCN3CCCCC3)cc2)cc1. The van der Waals surface area contributed by atoms with Gasteiger partial charge in [0.25, 0.3) is 5.91 Å². The van der Waals surface area contributed by atoms with Gasteiger partial charge < -0.3 is 14.1 Å². The molecule has 5 rings (SSSR count). The molecule has 238 valence electrons. The average Bonchev–Trinajstić information content (AvgIpc) is 3.39. The molecular weight excluding hydrogens is 597 g/mol. The Hall–Kier alpha value is -3.46. The van der Waals surface area contributed by atoms with E-state index in [1.165, 1.54) is 19.3 Å². The molecule has 1 fully saturated rings. The van der Waals surface area contributed by atoms with Crippen molar-refractivity contribution >= 4 is 41.4 Å². The minimum Gasteiger partial charge on any atom is -0.543 e. The summed E-state index contributed by atoms with van der Waals surface area (Å²) in [4.78, 5) is 31.7. The first-order valence-corrected chi connectivity index (χ1v) is 19.6. The number of piperidine rings is 1. The van der Waals surface area contributed by atoms with Crippen LogP contribution in [0.15, 0.2) is 66.7 Å². The summed E-state index contributed by atoms with van der Waals surface area (Å²) in [5.74, 6) is 1.51. The lowest BCUT2D eigenvalue weighted by Gasteiger charge is -2.36. The van der Waals surface area contributed by atoms with Gasteiger partial charge >= 0.3 is 0 Å². The molecule has 0 bridgehead atoms. The van der Waals surface area contributed by atoms with Crippen LogP contribution in [0.1, 0.15) is 66.3 Å². The number of carbonyl (C=O) groups excluding carboxylic acids is 2. The third-order valence-electron chi connectivity index (χ3n) is 9.11. The fraction of sp³-hybridized carbons (Fsp3) is 0.405. The predicted molar refractivity (Wildman–Crippen MR) is 189 cm³/mol. The van der Waals surface area contributed by atoms with E-state index in [4.69, 9.17) is 9.16 Å². The monoisotopic (exact) mass is 642 g/mol. The Bertz CT molecular complexity index is 1650. The Morgan fingerprint density at radius 3 is 2.11 bits per heavy atom. The van der Waals surface area contributed by atoms with Gasteiger partial charge in [0.15, 0.2) is 5.78 Å². The molecular formula is C37H46N2O4SSi. The molecule has 2 heterocycles. The average molecular weight is 643 g/mol. The predicted octanol–water partition coefficient (Wildman–Crippen LogP) is 8.75. The number of ketones is 1. The summed E-state index contributed by atoms with van der Waals surface area (Å²) in [7, 11) is 1.44. The number of hydrogen-bond donors (Lipinski definition) is 0. The molecule has 0 atom stereocenters.